The van der Waals surface area contributed by atoms with E-state index in [1.807, 2.05) is 30.3 Å². The fourth-order valence-electron chi connectivity index (χ4n) is 2.64. The molecule has 0 unspecified atom stereocenters. The van der Waals surface area contributed by atoms with Crippen LogP contribution in [0.1, 0.15) is 44.1 Å². The first kappa shape index (κ1) is 21.8. The number of hydroxylamine groups is 1. The van der Waals surface area contributed by atoms with Gasteiger partial charge in [0, 0.05) is 12.8 Å². The van der Waals surface area contributed by atoms with E-state index in [2.05, 4.69) is 10.6 Å². The number of Topliss-reactive ketones (excluding diaryl/α,β-unsaturated/α-hetero) is 1. The molecule has 26 heavy (non-hydrogen) atoms. The molecule has 7 nitrogen and oxygen atoms in total. The van der Waals surface area contributed by atoms with E-state index < -0.39 is 11.9 Å². The Balaban J connectivity index is 2.37. The van der Waals surface area contributed by atoms with Crippen LogP contribution in [-0.2, 0) is 20.8 Å². The molecule has 0 heterocycles. The van der Waals surface area contributed by atoms with Gasteiger partial charge < -0.3 is 10.6 Å². The normalized spacial score (nSPS) is 11.6. The van der Waals surface area contributed by atoms with Gasteiger partial charge in [0.25, 0.3) is 0 Å². The molecule has 1 rings (SSSR count). The first-order valence-electron chi connectivity index (χ1n) is 9.00. The Hall–Kier alpha value is -2.25. The number of benzene rings is 1. The maximum Gasteiger partial charge on any atom is 0.243 e. The molecule has 1 aromatic carbocycles. The molecule has 0 fully saturated rings. The summed E-state index contributed by atoms with van der Waals surface area (Å²) in [5.74, 6) is -0.572. The third-order valence-corrected chi connectivity index (χ3v) is 4.04. The Morgan fingerprint density at radius 1 is 0.962 bits per heavy atom. The number of amides is 2. The molecule has 1 aromatic rings. The number of nitrogens with one attached hydrogen (secondary N) is 3. The summed E-state index contributed by atoms with van der Waals surface area (Å²) < 4.78 is 0. The number of rotatable bonds is 13. The van der Waals surface area contributed by atoms with E-state index in [9.17, 15) is 14.4 Å². The SMILES string of the molecule is CNCC(=O)[C@@H](Cc1ccccc1)NC(=O)CCCCCCC(=O)NO. The van der Waals surface area contributed by atoms with E-state index in [1.165, 1.54) is 0 Å². The number of carbonyl (C=O) groups is 3. The first-order chi connectivity index (χ1) is 12.6. The van der Waals surface area contributed by atoms with Gasteiger partial charge in [0.1, 0.15) is 0 Å². The highest BCUT2D eigenvalue weighted by atomic mass is 16.5. The Morgan fingerprint density at radius 2 is 1.58 bits per heavy atom. The van der Waals surface area contributed by atoms with Gasteiger partial charge in [-0.15, -0.1) is 0 Å². The predicted molar refractivity (Wildman–Crippen MR) is 98.6 cm³/mol. The van der Waals surface area contributed by atoms with Gasteiger partial charge in [0.15, 0.2) is 5.78 Å². The van der Waals surface area contributed by atoms with Crippen molar-refractivity contribution in [1.29, 1.82) is 0 Å². The molecule has 7 heteroatoms. The zero-order valence-electron chi connectivity index (χ0n) is 15.3. The monoisotopic (exact) mass is 363 g/mol. The van der Waals surface area contributed by atoms with Crippen molar-refractivity contribution in [3.8, 4) is 0 Å². The molecule has 0 radical (unpaired) electrons. The lowest BCUT2D eigenvalue weighted by molar-refractivity contribution is -0.129. The molecule has 144 valence electrons. The van der Waals surface area contributed by atoms with Crippen LogP contribution in [0.4, 0.5) is 0 Å². The molecule has 0 aliphatic carbocycles. The van der Waals surface area contributed by atoms with Gasteiger partial charge in [-0.1, -0.05) is 43.2 Å². The summed E-state index contributed by atoms with van der Waals surface area (Å²) in [6, 6.07) is 9.08. The molecular weight excluding hydrogens is 334 g/mol. The lowest BCUT2D eigenvalue weighted by Crippen LogP contribution is -2.45. The molecule has 0 saturated heterocycles. The summed E-state index contributed by atoms with van der Waals surface area (Å²) in [4.78, 5) is 35.3. The van der Waals surface area contributed by atoms with Crippen LogP contribution >= 0.6 is 0 Å². The Labute approximate surface area is 154 Å². The maximum atomic E-state index is 12.3. The molecule has 0 aromatic heterocycles. The minimum atomic E-state index is -0.536. The van der Waals surface area contributed by atoms with Crippen LogP contribution in [0.5, 0.6) is 0 Å². The van der Waals surface area contributed by atoms with Crippen molar-refractivity contribution in [2.24, 2.45) is 0 Å². The largest absolute Gasteiger partial charge is 0.346 e. The van der Waals surface area contributed by atoms with Gasteiger partial charge in [-0.25, -0.2) is 5.48 Å². The lowest BCUT2D eigenvalue weighted by atomic mass is 10.0. The van der Waals surface area contributed by atoms with E-state index in [0.29, 0.717) is 25.7 Å². The van der Waals surface area contributed by atoms with Crippen molar-refractivity contribution in [2.45, 2.75) is 51.0 Å². The fourth-order valence-corrected chi connectivity index (χ4v) is 2.64. The standard InChI is InChI=1S/C19H29N3O4/c1-20-14-17(23)16(13-15-9-5-4-6-10-15)21-18(24)11-7-2-3-8-12-19(25)22-26/h4-6,9-10,16,20,26H,2-3,7-8,11-14H2,1H3,(H,21,24)(H,22,25)/t16-/m1/s1. The summed E-state index contributed by atoms with van der Waals surface area (Å²) in [6.07, 6.45) is 4.11. The van der Waals surface area contributed by atoms with Gasteiger partial charge in [0.05, 0.1) is 12.6 Å². The smallest absolute Gasteiger partial charge is 0.243 e. The van der Waals surface area contributed by atoms with Crippen LogP contribution in [0.3, 0.4) is 0 Å². The fraction of sp³-hybridized carbons (Fsp3) is 0.526. The van der Waals surface area contributed by atoms with E-state index in [4.69, 9.17) is 5.21 Å². The van der Waals surface area contributed by atoms with Crippen molar-refractivity contribution in [1.82, 2.24) is 16.1 Å². The third kappa shape index (κ3) is 9.29. The van der Waals surface area contributed by atoms with Crippen molar-refractivity contribution in [3.05, 3.63) is 35.9 Å². The average Bonchev–Trinajstić information content (AvgIpc) is 2.64. The molecular formula is C19H29N3O4. The number of likely N-dealkylation sites (N-methyl/N-ethyl adjacent to an activating group) is 1. The first-order valence-corrected chi connectivity index (χ1v) is 9.00. The third-order valence-electron chi connectivity index (χ3n) is 4.04. The molecule has 0 saturated carbocycles. The number of unbranched alkanes of at least 4 members (excludes halogenated alkanes) is 3. The van der Waals surface area contributed by atoms with Crippen molar-refractivity contribution < 1.29 is 19.6 Å². The summed E-state index contributed by atoms with van der Waals surface area (Å²) in [5.41, 5.74) is 2.60. The van der Waals surface area contributed by atoms with Crippen molar-refractivity contribution >= 4 is 17.6 Å². The van der Waals surface area contributed by atoms with Crippen LogP contribution in [-0.4, -0.2) is 42.4 Å². The minimum absolute atomic E-state index is 0.0419. The van der Waals surface area contributed by atoms with Gasteiger partial charge in [0.2, 0.25) is 11.8 Å². The minimum Gasteiger partial charge on any atom is -0.346 e. The second kappa shape index (κ2) is 13.0. The van der Waals surface area contributed by atoms with Crippen LogP contribution in [0.25, 0.3) is 0 Å². The molecule has 1 atom stereocenters. The van der Waals surface area contributed by atoms with Crippen LogP contribution in [0, 0.1) is 0 Å². The predicted octanol–water partition coefficient (Wildman–Crippen LogP) is 1.35. The Morgan fingerprint density at radius 3 is 2.15 bits per heavy atom. The molecule has 2 amide bonds. The molecule has 4 N–H and O–H groups in total. The molecule has 0 aliphatic rings. The number of hydrogen-bond donors (Lipinski definition) is 4. The van der Waals surface area contributed by atoms with E-state index in [-0.39, 0.29) is 24.7 Å². The highest BCUT2D eigenvalue weighted by molar-refractivity contribution is 5.90. The highest BCUT2D eigenvalue weighted by Crippen LogP contribution is 2.07. The topological polar surface area (TPSA) is 108 Å². The van der Waals surface area contributed by atoms with Gasteiger partial charge in [-0.05, 0) is 31.9 Å². The van der Waals surface area contributed by atoms with Gasteiger partial charge in [-0.3, -0.25) is 19.6 Å². The molecule has 0 spiro atoms. The Kier molecular flexibility index (Phi) is 10.9. The highest BCUT2D eigenvalue weighted by Gasteiger charge is 2.20. The number of hydrogen-bond acceptors (Lipinski definition) is 5. The Bertz CT molecular complexity index is 563. The van der Waals surface area contributed by atoms with Gasteiger partial charge in [-0.2, -0.15) is 0 Å². The van der Waals surface area contributed by atoms with E-state index >= 15 is 0 Å². The van der Waals surface area contributed by atoms with E-state index in [1.54, 1.807) is 12.5 Å². The molecule has 0 bridgehead atoms. The van der Waals surface area contributed by atoms with Gasteiger partial charge >= 0.3 is 0 Å². The summed E-state index contributed by atoms with van der Waals surface area (Å²) in [5, 5.41) is 14.1. The number of carbonyl (C=O) groups excluding carboxylic acids is 3. The summed E-state index contributed by atoms with van der Waals surface area (Å²) in [7, 11) is 1.70. The summed E-state index contributed by atoms with van der Waals surface area (Å²) >= 11 is 0. The zero-order chi connectivity index (χ0) is 19.2. The lowest BCUT2D eigenvalue weighted by Gasteiger charge is -2.18. The van der Waals surface area contributed by atoms with Crippen molar-refractivity contribution in [3.63, 3.8) is 0 Å². The second-order valence-corrected chi connectivity index (χ2v) is 6.26. The van der Waals surface area contributed by atoms with Crippen molar-refractivity contribution in [2.75, 3.05) is 13.6 Å². The van der Waals surface area contributed by atoms with Crippen LogP contribution < -0.4 is 16.1 Å². The summed E-state index contributed by atoms with van der Waals surface area (Å²) in [6.45, 7) is 0.213. The van der Waals surface area contributed by atoms with Crippen LogP contribution in [0.15, 0.2) is 30.3 Å². The molecule has 0 aliphatic heterocycles. The van der Waals surface area contributed by atoms with Crippen LogP contribution in [0.2, 0.25) is 0 Å². The maximum absolute atomic E-state index is 12.3. The number of ketones is 1. The second-order valence-electron chi connectivity index (χ2n) is 6.26. The van der Waals surface area contributed by atoms with E-state index in [0.717, 1.165) is 18.4 Å². The average molecular weight is 363 g/mol. The quantitative estimate of drug-likeness (QED) is 0.240. The zero-order valence-corrected chi connectivity index (χ0v) is 15.3.